The Kier molecular flexibility index (Phi) is 19.4. The molecule has 0 aromatic heterocycles. The largest absolute Gasteiger partial charge is 2.00 e. The van der Waals surface area contributed by atoms with Crippen LogP contribution in [0.3, 0.4) is 0 Å². The molecule has 0 saturated carbocycles. The molecule has 2 aliphatic heterocycles. The number of nitrogens with two attached hydrogens (primary N) is 1. The van der Waals surface area contributed by atoms with Crippen LogP contribution in [0.15, 0.2) is 78.6 Å². The van der Waals surface area contributed by atoms with Crippen LogP contribution in [0.5, 0.6) is 0 Å². The van der Waals surface area contributed by atoms with E-state index in [1.807, 2.05) is 80.4 Å². The molecule has 7 heteroatoms. The van der Waals surface area contributed by atoms with Crippen LogP contribution in [0.4, 0.5) is 0 Å². The first-order valence-electron chi connectivity index (χ1n) is 13.1. The van der Waals surface area contributed by atoms with E-state index < -0.39 is 5.91 Å². The number of nitrogens with one attached hydrogen (secondary N) is 1. The number of piperidine rings is 1. The quantitative estimate of drug-likeness (QED) is 0.273. The topological polar surface area (TPSA) is 78.7 Å². The van der Waals surface area contributed by atoms with Gasteiger partial charge in [-0.25, -0.2) is 0 Å². The van der Waals surface area contributed by atoms with Gasteiger partial charge < -0.3 is 20.9 Å². The zero-order chi connectivity index (χ0) is 28.3. The van der Waals surface area contributed by atoms with Crippen molar-refractivity contribution in [2.24, 2.45) is 11.7 Å². The summed E-state index contributed by atoms with van der Waals surface area (Å²) < 4.78 is 0. The number of carbonyl (C=O) groups excluding carboxylic acids is 2. The van der Waals surface area contributed by atoms with Crippen LogP contribution in [0, 0.1) is 62.0 Å². The summed E-state index contributed by atoms with van der Waals surface area (Å²) in [6.07, 6.45) is 12.8. The summed E-state index contributed by atoms with van der Waals surface area (Å²) in [5.74, 6) is 0.931. The molecule has 2 saturated heterocycles. The zero-order valence-corrected chi connectivity index (χ0v) is 27.7. The fourth-order valence-corrected chi connectivity index (χ4v) is 4.70. The smallest absolute Gasteiger partial charge is 0.371 e. The molecular weight excluding hydrogens is 710 g/mol. The molecule has 2 aliphatic rings. The van der Waals surface area contributed by atoms with Crippen molar-refractivity contribution in [3.05, 3.63) is 96.3 Å². The van der Waals surface area contributed by atoms with Crippen molar-refractivity contribution < 1.29 is 40.7 Å². The standard InChI is InChI=1S/C22H29N4O2.C6H5.C2H6.C2H2.U/c1-3-20(27)26-13-10-17(11-14-26)19-9-12-24-22(25(19)2)18(21(23)28)15-16-7-5-4-6-8-16;1-2-4-6-5-3-1;2*1-2;/h3,5-8,17,19,24H,1,9-15H2,2H3,(H2,23,28);1-5H;1-2H3;1-2H;/q2*-1;;;+2/b22-18+;;;;/t19-;;;;/m0..../s1. The molecule has 2 heterocycles. The molecule has 206 valence electrons. The molecular formula is C32H42N4O2U. The third-order valence-corrected chi connectivity index (χ3v) is 6.51. The van der Waals surface area contributed by atoms with Gasteiger partial charge in [0.05, 0.1) is 5.57 Å². The summed E-state index contributed by atoms with van der Waals surface area (Å²) in [4.78, 5) is 28.1. The van der Waals surface area contributed by atoms with E-state index in [4.69, 9.17) is 5.73 Å². The number of hydrogen-bond acceptors (Lipinski definition) is 4. The zero-order valence-electron chi connectivity index (χ0n) is 23.5. The molecule has 39 heavy (non-hydrogen) atoms. The van der Waals surface area contributed by atoms with Gasteiger partial charge in [-0.3, -0.25) is 9.59 Å². The summed E-state index contributed by atoms with van der Waals surface area (Å²) >= 11 is 0. The third-order valence-electron chi connectivity index (χ3n) is 6.51. The number of benzene rings is 2. The summed E-state index contributed by atoms with van der Waals surface area (Å²) in [6, 6.07) is 23.4. The van der Waals surface area contributed by atoms with Crippen molar-refractivity contribution in [1.82, 2.24) is 15.1 Å². The van der Waals surface area contributed by atoms with Crippen molar-refractivity contribution in [3.8, 4) is 12.8 Å². The third kappa shape index (κ3) is 11.8. The van der Waals surface area contributed by atoms with E-state index in [2.05, 4.69) is 41.8 Å². The Balaban J connectivity index is 0.00000113. The van der Waals surface area contributed by atoms with Crippen molar-refractivity contribution in [1.29, 1.82) is 0 Å². The molecule has 2 aromatic rings. The fraction of sp³-hybridized carbons (Fsp3) is 0.375. The molecule has 4 rings (SSSR count). The Bertz CT molecular complexity index is 990. The van der Waals surface area contributed by atoms with E-state index in [1.54, 1.807) is 0 Å². The van der Waals surface area contributed by atoms with Crippen LogP contribution in [-0.4, -0.2) is 54.3 Å². The van der Waals surface area contributed by atoms with Crippen LogP contribution in [0.25, 0.3) is 0 Å². The minimum Gasteiger partial charge on any atom is -0.371 e. The molecule has 0 aliphatic carbocycles. The van der Waals surface area contributed by atoms with Crippen LogP contribution < -0.4 is 11.1 Å². The van der Waals surface area contributed by atoms with E-state index in [0.29, 0.717) is 24.0 Å². The van der Waals surface area contributed by atoms with Gasteiger partial charge in [-0.05, 0) is 37.7 Å². The Morgan fingerprint density at radius 1 is 1.05 bits per heavy atom. The van der Waals surface area contributed by atoms with Crippen molar-refractivity contribution >= 4 is 11.8 Å². The van der Waals surface area contributed by atoms with Crippen molar-refractivity contribution in [3.63, 3.8) is 0 Å². The minimum absolute atomic E-state index is 0. The molecule has 2 fully saturated rings. The Morgan fingerprint density at radius 3 is 2.08 bits per heavy atom. The molecule has 0 radical (unpaired) electrons. The maximum absolute atomic E-state index is 12.2. The van der Waals surface area contributed by atoms with Crippen LogP contribution in [0.1, 0.15) is 38.7 Å². The molecule has 0 bridgehead atoms. The first-order chi connectivity index (χ1) is 18.5. The molecule has 1 atom stereocenters. The minimum atomic E-state index is -0.394. The van der Waals surface area contributed by atoms with Gasteiger partial charge in [0.2, 0.25) is 11.8 Å². The normalized spacial score (nSPS) is 17.5. The second-order valence-electron chi connectivity index (χ2n) is 8.61. The van der Waals surface area contributed by atoms with Crippen molar-refractivity contribution in [2.45, 2.75) is 45.6 Å². The summed E-state index contributed by atoms with van der Waals surface area (Å²) in [6.45, 7) is 9.91. The fourth-order valence-electron chi connectivity index (χ4n) is 4.70. The number of terminal acetylenes is 1. The molecule has 6 nitrogen and oxygen atoms in total. The Morgan fingerprint density at radius 2 is 1.62 bits per heavy atom. The predicted octanol–water partition coefficient (Wildman–Crippen LogP) is 4.21. The van der Waals surface area contributed by atoms with Gasteiger partial charge in [0.15, 0.2) is 0 Å². The number of hydrogen-bond donors (Lipinski definition) is 2. The summed E-state index contributed by atoms with van der Waals surface area (Å²) in [5, 5.41) is 3.39. The van der Waals surface area contributed by atoms with E-state index >= 15 is 0 Å². The number of rotatable bonds is 5. The van der Waals surface area contributed by atoms with E-state index in [0.717, 1.165) is 50.3 Å². The number of primary amides is 1. The van der Waals surface area contributed by atoms with Crippen LogP contribution >= 0.6 is 0 Å². The first-order valence-corrected chi connectivity index (χ1v) is 13.1. The monoisotopic (exact) mass is 752 g/mol. The van der Waals surface area contributed by atoms with Gasteiger partial charge >= 0.3 is 31.1 Å². The average molecular weight is 753 g/mol. The molecule has 3 N–H and O–H groups in total. The number of likely N-dealkylation sites (tertiary alicyclic amines) is 1. The van der Waals surface area contributed by atoms with E-state index in [9.17, 15) is 9.59 Å². The molecule has 0 spiro atoms. The van der Waals surface area contributed by atoms with E-state index in [-0.39, 0.29) is 37.0 Å². The molecule has 2 amide bonds. The number of carbonyl (C=O) groups is 2. The Hall–Kier alpha value is -2.93. The van der Waals surface area contributed by atoms with Crippen LogP contribution in [-0.2, 0) is 16.0 Å². The average Bonchev–Trinajstić information content (AvgIpc) is 2.99. The van der Waals surface area contributed by atoms with Gasteiger partial charge in [-0.15, -0.1) is 12.8 Å². The van der Waals surface area contributed by atoms with Gasteiger partial charge in [-0.2, -0.15) is 72.3 Å². The first kappa shape index (κ1) is 36.1. The maximum atomic E-state index is 12.2. The van der Waals surface area contributed by atoms with Gasteiger partial charge in [-0.1, -0.05) is 20.4 Å². The molecule has 0 unspecified atom stereocenters. The predicted molar refractivity (Wildman–Crippen MR) is 155 cm³/mol. The Labute approximate surface area is 259 Å². The number of nitrogens with zero attached hydrogens (tertiary/aromatic N) is 2. The second kappa shape index (κ2) is 21.0. The van der Waals surface area contributed by atoms with Gasteiger partial charge in [0.25, 0.3) is 0 Å². The van der Waals surface area contributed by atoms with Gasteiger partial charge in [0.1, 0.15) is 5.82 Å². The van der Waals surface area contributed by atoms with Crippen LogP contribution in [0.2, 0.25) is 0 Å². The maximum Gasteiger partial charge on any atom is 2.00 e. The summed E-state index contributed by atoms with van der Waals surface area (Å²) in [5.41, 5.74) is 7.39. The second-order valence-corrected chi connectivity index (χ2v) is 8.61. The SMILES string of the molecule is C#C.C=CC(=O)N1CCC([C@@H]2CCN/C(=C(/Cc3cc[c-]cc3)C(N)=O)N2C)CC1.CC.[U+2].[c-]1ccccc1. The number of amides is 2. The summed E-state index contributed by atoms with van der Waals surface area (Å²) in [7, 11) is 2.04. The van der Waals surface area contributed by atoms with Gasteiger partial charge in [0, 0.05) is 32.7 Å². The van der Waals surface area contributed by atoms with Crippen molar-refractivity contribution in [2.75, 3.05) is 26.7 Å². The van der Waals surface area contributed by atoms with E-state index in [1.165, 1.54) is 6.08 Å². The molecule has 2 aromatic carbocycles.